The Morgan fingerprint density at radius 2 is 2.26 bits per heavy atom. The molecule has 0 aromatic carbocycles. The maximum atomic E-state index is 12.5. The Kier molecular flexibility index (Phi) is 3.24. The summed E-state index contributed by atoms with van der Waals surface area (Å²) in [4.78, 5) is 19.0. The molecule has 3 rings (SSSR count). The first-order valence-electron chi connectivity index (χ1n) is 6.21. The fourth-order valence-electron chi connectivity index (χ4n) is 2.39. The van der Waals surface area contributed by atoms with Gasteiger partial charge in [-0.2, -0.15) is 0 Å². The van der Waals surface area contributed by atoms with Gasteiger partial charge in [0.1, 0.15) is 11.2 Å². The Labute approximate surface area is 119 Å². The summed E-state index contributed by atoms with van der Waals surface area (Å²) in [6.45, 7) is 0. The minimum Gasteiger partial charge on any atom is -0.364 e. The van der Waals surface area contributed by atoms with Crippen LogP contribution in [0.25, 0.3) is 10.2 Å². The molecule has 0 bridgehead atoms. The minimum atomic E-state index is -0.0676. The highest BCUT2D eigenvalue weighted by molar-refractivity contribution is 7.80. The number of aryl methyl sites for hydroxylation is 2. The topological polar surface area (TPSA) is 58.9 Å². The van der Waals surface area contributed by atoms with Crippen LogP contribution < -0.4 is 16.3 Å². The number of nitrogens with one attached hydrogen (secondary N) is 2. The van der Waals surface area contributed by atoms with Gasteiger partial charge in [0, 0.05) is 11.9 Å². The van der Waals surface area contributed by atoms with Crippen molar-refractivity contribution in [2.75, 3.05) is 12.5 Å². The highest BCUT2D eigenvalue weighted by atomic mass is 32.1. The van der Waals surface area contributed by atoms with Gasteiger partial charge in [-0.3, -0.25) is 10.2 Å². The second-order valence-corrected chi connectivity index (χ2v) is 5.99. The van der Waals surface area contributed by atoms with E-state index in [-0.39, 0.29) is 5.56 Å². The summed E-state index contributed by atoms with van der Waals surface area (Å²) in [6.07, 6.45) is 5.90. The Bertz CT molecular complexity index is 704. The Morgan fingerprint density at radius 1 is 1.47 bits per heavy atom. The molecular formula is C12H14N4OS2. The zero-order valence-electron chi connectivity index (χ0n) is 10.5. The quantitative estimate of drug-likeness (QED) is 0.778. The molecule has 0 saturated heterocycles. The molecule has 0 spiro atoms. The summed E-state index contributed by atoms with van der Waals surface area (Å²) in [7, 11) is 1.71. The van der Waals surface area contributed by atoms with Crippen molar-refractivity contribution < 1.29 is 0 Å². The predicted molar refractivity (Wildman–Crippen MR) is 81.5 cm³/mol. The Morgan fingerprint density at radius 3 is 3.05 bits per heavy atom. The summed E-state index contributed by atoms with van der Waals surface area (Å²) in [5.41, 5.74) is 3.94. The molecule has 0 aliphatic heterocycles. The van der Waals surface area contributed by atoms with Gasteiger partial charge in [-0.25, -0.2) is 9.66 Å². The lowest BCUT2D eigenvalue weighted by atomic mass is 9.97. The average Bonchev–Trinajstić information content (AvgIpc) is 2.81. The second kappa shape index (κ2) is 4.90. The van der Waals surface area contributed by atoms with Crippen LogP contribution in [0.15, 0.2) is 11.1 Å². The number of aromatic nitrogens is 2. The van der Waals surface area contributed by atoms with E-state index in [1.54, 1.807) is 18.4 Å². The van der Waals surface area contributed by atoms with E-state index >= 15 is 0 Å². The molecule has 7 heteroatoms. The van der Waals surface area contributed by atoms with Gasteiger partial charge in [0.25, 0.3) is 5.56 Å². The summed E-state index contributed by atoms with van der Waals surface area (Å²) < 4.78 is 1.35. The molecule has 5 nitrogen and oxygen atoms in total. The second-order valence-electron chi connectivity index (χ2n) is 4.50. The maximum Gasteiger partial charge on any atom is 0.281 e. The maximum absolute atomic E-state index is 12.5. The molecule has 0 unspecified atom stereocenters. The summed E-state index contributed by atoms with van der Waals surface area (Å²) in [5.74, 6) is 0. The molecule has 0 radical (unpaired) electrons. The first-order valence-corrected chi connectivity index (χ1v) is 7.44. The highest BCUT2D eigenvalue weighted by Gasteiger charge is 2.19. The molecule has 2 heterocycles. The number of thiocarbonyl (C=S) groups is 1. The predicted octanol–water partition coefficient (Wildman–Crippen LogP) is 1.38. The standard InChI is InChI=1S/C12H14N4OS2/c1-13-12(18)15-16-6-14-10-9(11(16)17)7-4-2-3-5-8(7)19-10/h6H,2-5H2,1H3,(H2,13,15,18). The van der Waals surface area contributed by atoms with E-state index in [0.29, 0.717) is 5.11 Å². The zero-order valence-corrected chi connectivity index (χ0v) is 12.2. The number of hydrogen-bond acceptors (Lipinski definition) is 4. The van der Waals surface area contributed by atoms with Crippen molar-refractivity contribution in [1.29, 1.82) is 0 Å². The third-order valence-corrected chi connectivity index (χ3v) is 4.82. The van der Waals surface area contributed by atoms with Gasteiger partial charge in [-0.15, -0.1) is 11.3 Å². The molecule has 1 aliphatic rings. The fraction of sp³-hybridized carbons (Fsp3) is 0.417. The molecule has 0 atom stereocenters. The lowest BCUT2D eigenvalue weighted by Gasteiger charge is -2.11. The number of fused-ring (bicyclic) bond motifs is 3. The van der Waals surface area contributed by atoms with Gasteiger partial charge < -0.3 is 5.32 Å². The molecular weight excluding hydrogens is 280 g/mol. The molecule has 0 amide bonds. The van der Waals surface area contributed by atoms with E-state index in [2.05, 4.69) is 15.7 Å². The third kappa shape index (κ3) is 2.12. The summed E-state index contributed by atoms with van der Waals surface area (Å²) in [6, 6.07) is 0. The average molecular weight is 294 g/mol. The van der Waals surface area contributed by atoms with Crippen molar-refractivity contribution in [1.82, 2.24) is 15.0 Å². The van der Waals surface area contributed by atoms with E-state index in [1.165, 1.54) is 27.9 Å². The molecule has 2 aromatic heterocycles. The van der Waals surface area contributed by atoms with E-state index in [9.17, 15) is 4.79 Å². The summed E-state index contributed by atoms with van der Waals surface area (Å²) >= 11 is 6.66. The van der Waals surface area contributed by atoms with Gasteiger partial charge in [0.05, 0.1) is 5.39 Å². The lowest BCUT2D eigenvalue weighted by molar-refractivity contribution is 0.699. The number of nitrogens with zero attached hydrogens (tertiary/aromatic N) is 2. The van der Waals surface area contributed by atoms with Crippen molar-refractivity contribution in [2.24, 2.45) is 0 Å². The first-order chi connectivity index (χ1) is 9.20. The van der Waals surface area contributed by atoms with Crippen LogP contribution in [0.1, 0.15) is 23.3 Å². The first kappa shape index (κ1) is 12.6. The SMILES string of the molecule is CNC(=S)Nn1cnc2sc3c(c2c1=O)CCCC3. The third-order valence-electron chi connectivity index (χ3n) is 3.32. The molecule has 0 fully saturated rings. The van der Waals surface area contributed by atoms with Crippen LogP contribution in [0.5, 0.6) is 0 Å². The zero-order chi connectivity index (χ0) is 13.4. The number of rotatable bonds is 1. The van der Waals surface area contributed by atoms with Crippen LogP contribution in [0, 0.1) is 0 Å². The smallest absolute Gasteiger partial charge is 0.281 e. The molecule has 2 aromatic rings. The van der Waals surface area contributed by atoms with Crippen molar-refractivity contribution in [3.8, 4) is 0 Å². The van der Waals surface area contributed by atoms with Gasteiger partial charge in [-0.05, 0) is 43.5 Å². The van der Waals surface area contributed by atoms with Crippen molar-refractivity contribution in [2.45, 2.75) is 25.7 Å². The van der Waals surface area contributed by atoms with E-state index < -0.39 is 0 Å². The van der Waals surface area contributed by atoms with Gasteiger partial charge in [0.15, 0.2) is 5.11 Å². The van der Waals surface area contributed by atoms with Gasteiger partial charge >= 0.3 is 0 Å². The normalized spacial score (nSPS) is 14.2. The highest BCUT2D eigenvalue weighted by Crippen LogP contribution is 2.33. The molecule has 19 heavy (non-hydrogen) atoms. The van der Waals surface area contributed by atoms with Crippen LogP contribution >= 0.6 is 23.6 Å². The largest absolute Gasteiger partial charge is 0.364 e. The minimum absolute atomic E-state index is 0.0676. The van der Waals surface area contributed by atoms with Crippen LogP contribution in [-0.2, 0) is 12.8 Å². The monoisotopic (exact) mass is 294 g/mol. The fourth-order valence-corrected chi connectivity index (χ4v) is 3.71. The number of hydrogen-bond donors (Lipinski definition) is 2. The molecule has 100 valence electrons. The number of thiophene rings is 1. The van der Waals surface area contributed by atoms with Crippen molar-refractivity contribution >= 4 is 38.9 Å². The van der Waals surface area contributed by atoms with Crippen LogP contribution in [0.3, 0.4) is 0 Å². The van der Waals surface area contributed by atoms with Crippen LogP contribution in [0.4, 0.5) is 0 Å². The lowest BCUT2D eigenvalue weighted by Crippen LogP contribution is -2.37. The van der Waals surface area contributed by atoms with E-state index in [4.69, 9.17) is 12.2 Å². The van der Waals surface area contributed by atoms with Crippen molar-refractivity contribution in [3.05, 3.63) is 27.1 Å². The Hall–Kier alpha value is -1.47. The van der Waals surface area contributed by atoms with Crippen LogP contribution in [0.2, 0.25) is 0 Å². The van der Waals surface area contributed by atoms with E-state index in [1.807, 2.05) is 0 Å². The van der Waals surface area contributed by atoms with Crippen molar-refractivity contribution in [3.63, 3.8) is 0 Å². The molecule has 0 saturated carbocycles. The van der Waals surface area contributed by atoms with Gasteiger partial charge in [-0.1, -0.05) is 0 Å². The Balaban J connectivity index is 2.15. The molecule has 2 N–H and O–H groups in total. The summed E-state index contributed by atoms with van der Waals surface area (Å²) in [5, 5.41) is 3.93. The molecule has 1 aliphatic carbocycles. The van der Waals surface area contributed by atoms with Gasteiger partial charge in [0.2, 0.25) is 0 Å². The van der Waals surface area contributed by atoms with Crippen LogP contribution in [-0.4, -0.2) is 21.8 Å². The van der Waals surface area contributed by atoms with E-state index in [0.717, 1.165) is 29.5 Å².